The SMILES string of the molecule is COc1ccc2c(c1)[C@@]1(SCCN1C(=O)NCc1cccc(C)c1)C(=O)N2Cc1ccccc1. The lowest BCUT2D eigenvalue weighted by molar-refractivity contribution is -0.123. The molecule has 0 aliphatic carbocycles. The third-order valence-electron chi connectivity index (χ3n) is 6.36. The monoisotopic (exact) mass is 473 g/mol. The first-order valence-corrected chi connectivity index (χ1v) is 12.3. The van der Waals surface area contributed by atoms with Crippen molar-refractivity contribution in [3.63, 3.8) is 0 Å². The number of benzene rings is 3. The van der Waals surface area contributed by atoms with Crippen LogP contribution in [0.3, 0.4) is 0 Å². The average molecular weight is 474 g/mol. The standard InChI is InChI=1S/C27H27N3O3S/c1-19-7-6-10-21(15-19)17-28-26(32)30-13-14-34-27(30)23-16-22(33-2)11-12-24(23)29(25(27)31)18-20-8-4-3-5-9-20/h3-12,15-16H,13-14,17-18H2,1-2H3,(H,28,32)/t27-/m1/s1. The quantitative estimate of drug-likeness (QED) is 0.585. The van der Waals surface area contributed by atoms with Gasteiger partial charge in [-0.1, -0.05) is 60.2 Å². The Morgan fingerprint density at radius 3 is 2.62 bits per heavy atom. The summed E-state index contributed by atoms with van der Waals surface area (Å²) in [6.45, 7) is 3.37. The van der Waals surface area contributed by atoms with Crippen molar-refractivity contribution in [3.05, 3.63) is 95.1 Å². The maximum absolute atomic E-state index is 14.1. The number of amides is 3. The molecule has 1 saturated heterocycles. The van der Waals surface area contributed by atoms with Crippen LogP contribution in [-0.4, -0.2) is 36.2 Å². The molecule has 174 valence electrons. The lowest BCUT2D eigenvalue weighted by Crippen LogP contribution is -2.53. The van der Waals surface area contributed by atoms with Gasteiger partial charge in [0.1, 0.15) is 5.75 Å². The summed E-state index contributed by atoms with van der Waals surface area (Å²) in [5.41, 5.74) is 4.83. The molecule has 3 aromatic rings. The number of carbonyl (C=O) groups is 2. The van der Waals surface area contributed by atoms with Gasteiger partial charge in [0.05, 0.1) is 19.3 Å². The molecule has 0 radical (unpaired) electrons. The maximum atomic E-state index is 14.1. The number of methoxy groups -OCH3 is 1. The van der Waals surface area contributed by atoms with Gasteiger partial charge in [-0.05, 0) is 36.2 Å². The van der Waals surface area contributed by atoms with E-state index >= 15 is 0 Å². The Kier molecular flexibility index (Phi) is 5.96. The van der Waals surface area contributed by atoms with Gasteiger partial charge in [0.2, 0.25) is 0 Å². The zero-order valence-electron chi connectivity index (χ0n) is 19.3. The fraction of sp³-hybridized carbons (Fsp3) is 0.259. The molecule has 1 atom stereocenters. The molecule has 6 nitrogen and oxygen atoms in total. The van der Waals surface area contributed by atoms with Crippen LogP contribution < -0.4 is 15.0 Å². The number of ether oxygens (including phenoxy) is 1. The summed E-state index contributed by atoms with van der Waals surface area (Å²) < 4.78 is 5.49. The molecule has 0 bridgehead atoms. The summed E-state index contributed by atoms with van der Waals surface area (Å²) in [6.07, 6.45) is 0. The van der Waals surface area contributed by atoms with Crippen LogP contribution in [0.2, 0.25) is 0 Å². The molecule has 7 heteroatoms. The van der Waals surface area contributed by atoms with Gasteiger partial charge in [-0.2, -0.15) is 0 Å². The summed E-state index contributed by atoms with van der Waals surface area (Å²) in [7, 11) is 1.61. The molecule has 1 fully saturated rings. The number of thioether (sulfide) groups is 1. The summed E-state index contributed by atoms with van der Waals surface area (Å²) in [6, 6.07) is 23.4. The first-order chi connectivity index (χ1) is 16.5. The first kappa shape index (κ1) is 22.3. The number of fused-ring (bicyclic) bond motifs is 2. The molecule has 2 aliphatic heterocycles. The number of hydrogen-bond acceptors (Lipinski definition) is 4. The van der Waals surface area contributed by atoms with Crippen LogP contribution in [0.5, 0.6) is 5.75 Å². The van der Waals surface area contributed by atoms with E-state index in [4.69, 9.17) is 4.74 Å². The van der Waals surface area contributed by atoms with Gasteiger partial charge >= 0.3 is 6.03 Å². The van der Waals surface area contributed by atoms with E-state index in [2.05, 4.69) is 11.4 Å². The summed E-state index contributed by atoms with van der Waals surface area (Å²) in [5, 5.41) is 3.04. The van der Waals surface area contributed by atoms with E-state index in [9.17, 15) is 9.59 Å². The topological polar surface area (TPSA) is 61.9 Å². The van der Waals surface area contributed by atoms with Crippen LogP contribution in [0, 0.1) is 6.92 Å². The normalized spacial score (nSPS) is 18.9. The number of rotatable bonds is 5. The van der Waals surface area contributed by atoms with Crippen LogP contribution >= 0.6 is 11.8 Å². The van der Waals surface area contributed by atoms with Gasteiger partial charge in [0, 0.05) is 24.4 Å². The Labute approximate surface area is 203 Å². The minimum Gasteiger partial charge on any atom is -0.497 e. The smallest absolute Gasteiger partial charge is 0.319 e. The Bertz CT molecular complexity index is 1230. The van der Waals surface area contributed by atoms with Gasteiger partial charge in [0.15, 0.2) is 4.87 Å². The van der Waals surface area contributed by atoms with E-state index in [1.54, 1.807) is 16.9 Å². The number of urea groups is 1. The fourth-order valence-electron chi connectivity index (χ4n) is 4.74. The molecular formula is C27H27N3O3S. The Hall–Kier alpha value is -3.45. The van der Waals surface area contributed by atoms with Crippen LogP contribution in [0.25, 0.3) is 0 Å². The highest BCUT2D eigenvalue weighted by molar-refractivity contribution is 8.01. The van der Waals surface area contributed by atoms with Crippen molar-refractivity contribution in [1.82, 2.24) is 10.2 Å². The number of anilines is 1. The van der Waals surface area contributed by atoms with Gasteiger partial charge < -0.3 is 15.0 Å². The van der Waals surface area contributed by atoms with Gasteiger partial charge in [-0.15, -0.1) is 11.8 Å². The van der Waals surface area contributed by atoms with Crippen molar-refractivity contribution in [1.29, 1.82) is 0 Å². The second kappa shape index (κ2) is 9.06. The molecule has 1 spiro atoms. The molecule has 5 rings (SSSR count). The number of nitrogens with zero attached hydrogens (tertiary/aromatic N) is 2. The van der Waals surface area contributed by atoms with Gasteiger partial charge in [-0.25, -0.2) is 4.79 Å². The molecule has 0 saturated carbocycles. The lowest BCUT2D eigenvalue weighted by Gasteiger charge is -2.33. The van der Waals surface area contributed by atoms with E-state index < -0.39 is 4.87 Å². The van der Waals surface area contributed by atoms with E-state index in [1.807, 2.05) is 73.7 Å². The van der Waals surface area contributed by atoms with Crippen molar-refractivity contribution >= 4 is 29.4 Å². The number of carbonyl (C=O) groups excluding carboxylic acids is 2. The summed E-state index contributed by atoms with van der Waals surface area (Å²) in [4.78, 5) is 29.9. The van der Waals surface area contributed by atoms with Crippen molar-refractivity contribution in [3.8, 4) is 5.75 Å². The second-order valence-corrected chi connectivity index (χ2v) is 9.84. The highest BCUT2D eigenvalue weighted by Gasteiger charge is 2.59. The minimum atomic E-state index is -1.10. The number of aryl methyl sites for hydroxylation is 1. The fourth-order valence-corrected chi connectivity index (χ4v) is 6.19. The largest absolute Gasteiger partial charge is 0.497 e. The van der Waals surface area contributed by atoms with Crippen molar-refractivity contribution in [2.75, 3.05) is 24.3 Å². The molecule has 3 aromatic carbocycles. The molecule has 34 heavy (non-hydrogen) atoms. The maximum Gasteiger partial charge on any atom is 0.319 e. The van der Waals surface area contributed by atoms with Gasteiger partial charge in [0.25, 0.3) is 5.91 Å². The summed E-state index contributed by atoms with van der Waals surface area (Å²) in [5.74, 6) is 1.26. The van der Waals surface area contributed by atoms with E-state index in [-0.39, 0.29) is 11.9 Å². The van der Waals surface area contributed by atoms with Gasteiger partial charge in [-0.3, -0.25) is 9.69 Å². The van der Waals surface area contributed by atoms with Crippen LogP contribution in [0.15, 0.2) is 72.8 Å². The number of hydrogen-bond donors (Lipinski definition) is 1. The van der Waals surface area contributed by atoms with Crippen molar-refractivity contribution in [2.24, 2.45) is 0 Å². The second-order valence-electron chi connectivity index (χ2n) is 8.55. The van der Waals surface area contributed by atoms with Crippen molar-refractivity contribution in [2.45, 2.75) is 24.9 Å². The van der Waals surface area contributed by atoms with E-state index in [1.165, 1.54) is 11.8 Å². The lowest BCUT2D eigenvalue weighted by atomic mass is 10.1. The predicted molar refractivity (Wildman–Crippen MR) is 135 cm³/mol. The first-order valence-electron chi connectivity index (χ1n) is 11.3. The van der Waals surface area contributed by atoms with Crippen molar-refractivity contribution < 1.29 is 14.3 Å². The van der Waals surface area contributed by atoms with E-state index in [0.29, 0.717) is 31.1 Å². The zero-order chi connectivity index (χ0) is 23.7. The molecular weight excluding hydrogens is 446 g/mol. The van der Waals surface area contributed by atoms with Crippen LogP contribution in [0.1, 0.15) is 22.3 Å². The third-order valence-corrected chi connectivity index (χ3v) is 7.77. The molecule has 2 aliphatic rings. The highest BCUT2D eigenvalue weighted by atomic mass is 32.2. The molecule has 0 aromatic heterocycles. The average Bonchev–Trinajstić information content (AvgIpc) is 3.40. The molecule has 1 N–H and O–H groups in total. The van der Waals surface area contributed by atoms with E-state index in [0.717, 1.165) is 27.9 Å². The number of nitrogens with one attached hydrogen (secondary N) is 1. The molecule has 2 heterocycles. The van der Waals surface area contributed by atoms with Crippen LogP contribution in [-0.2, 0) is 22.8 Å². The predicted octanol–water partition coefficient (Wildman–Crippen LogP) is 4.66. The third kappa shape index (κ3) is 3.80. The Morgan fingerprint density at radius 1 is 1.06 bits per heavy atom. The summed E-state index contributed by atoms with van der Waals surface area (Å²) >= 11 is 1.52. The molecule has 0 unspecified atom stereocenters. The minimum absolute atomic E-state index is 0.0900. The Balaban J connectivity index is 1.48. The molecule has 3 amide bonds. The van der Waals surface area contributed by atoms with Crippen LogP contribution in [0.4, 0.5) is 10.5 Å². The zero-order valence-corrected chi connectivity index (χ0v) is 20.1. The highest BCUT2D eigenvalue weighted by Crippen LogP contribution is 2.55. The Morgan fingerprint density at radius 2 is 1.85 bits per heavy atom.